The first-order valence-corrected chi connectivity index (χ1v) is 11.6. The maximum Gasteiger partial charge on any atom is 0.326 e. The molecule has 3 amide bonds. The molecule has 1 heterocycles. The highest BCUT2D eigenvalue weighted by molar-refractivity contribution is 5.94. The molecule has 0 aliphatic carbocycles. The van der Waals surface area contributed by atoms with Crippen LogP contribution < -0.4 is 21.7 Å². The average Bonchev–Trinajstić information content (AvgIpc) is 3.30. The fraction of sp³-hybridized carbons (Fsp3) is 0.591. The predicted octanol–water partition coefficient (Wildman–Crippen LogP) is -1.41. The molecule has 15 nitrogen and oxygen atoms in total. The Morgan fingerprint density at radius 3 is 1.76 bits per heavy atom. The number of carboxylic acids is 3. The number of aliphatic carboxylic acids is 3. The largest absolute Gasteiger partial charge is 0.481 e. The third-order valence-corrected chi connectivity index (χ3v) is 5.22. The molecule has 0 saturated carbocycles. The van der Waals surface area contributed by atoms with E-state index in [9.17, 15) is 33.9 Å². The van der Waals surface area contributed by atoms with Gasteiger partial charge in [0.25, 0.3) is 0 Å². The van der Waals surface area contributed by atoms with E-state index in [1.807, 2.05) is 13.8 Å². The van der Waals surface area contributed by atoms with Crippen molar-refractivity contribution in [2.45, 2.75) is 76.5 Å². The van der Waals surface area contributed by atoms with Crippen LogP contribution >= 0.6 is 0 Å². The van der Waals surface area contributed by atoms with Crippen LogP contribution in [0.3, 0.4) is 0 Å². The Kier molecular flexibility index (Phi) is 12.7. The Morgan fingerprint density at radius 2 is 1.35 bits per heavy atom. The van der Waals surface area contributed by atoms with E-state index in [-0.39, 0.29) is 18.8 Å². The Hall–Kier alpha value is -4.01. The van der Waals surface area contributed by atoms with E-state index in [2.05, 4.69) is 25.9 Å². The lowest BCUT2D eigenvalue weighted by Crippen LogP contribution is -2.57. The Bertz CT molecular complexity index is 950. The number of aromatic nitrogens is 2. The fourth-order valence-corrected chi connectivity index (χ4v) is 3.33. The predicted molar refractivity (Wildman–Crippen MR) is 127 cm³/mol. The van der Waals surface area contributed by atoms with Crippen LogP contribution in [0.25, 0.3) is 0 Å². The molecule has 1 aromatic heterocycles. The molecule has 0 radical (unpaired) electrons. The van der Waals surface area contributed by atoms with Crippen LogP contribution in [0.2, 0.25) is 0 Å². The zero-order valence-corrected chi connectivity index (χ0v) is 20.6. The smallest absolute Gasteiger partial charge is 0.326 e. The molecular formula is C22H34N6O9. The normalized spacial score (nSPS) is 14.2. The number of aromatic amines is 1. The summed E-state index contributed by atoms with van der Waals surface area (Å²) >= 11 is 0. The summed E-state index contributed by atoms with van der Waals surface area (Å²) in [7, 11) is 0. The molecule has 0 aliphatic rings. The van der Waals surface area contributed by atoms with Crippen LogP contribution in [0.5, 0.6) is 0 Å². The van der Waals surface area contributed by atoms with Crippen molar-refractivity contribution >= 4 is 35.6 Å². The van der Waals surface area contributed by atoms with E-state index < -0.39 is 79.1 Å². The van der Waals surface area contributed by atoms with Gasteiger partial charge in [0.2, 0.25) is 17.7 Å². The fourth-order valence-electron chi connectivity index (χ4n) is 3.33. The minimum Gasteiger partial charge on any atom is -0.481 e. The number of amides is 3. The second-order valence-corrected chi connectivity index (χ2v) is 8.90. The van der Waals surface area contributed by atoms with Crippen molar-refractivity contribution in [3.8, 4) is 0 Å². The highest BCUT2D eigenvalue weighted by Crippen LogP contribution is 2.07. The molecule has 0 saturated heterocycles. The summed E-state index contributed by atoms with van der Waals surface area (Å²) in [5.41, 5.74) is 6.25. The summed E-state index contributed by atoms with van der Waals surface area (Å²) < 4.78 is 0. The van der Waals surface area contributed by atoms with E-state index in [1.165, 1.54) is 12.5 Å². The van der Waals surface area contributed by atoms with Gasteiger partial charge in [0, 0.05) is 31.2 Å². The van der Waals surface area contributed by atoms with Crippen LogP contribution in [-0.4, -0.2) is 85.1 Å². The third-order valence-electron chi connectivity index (χ3n) is 5.22. The number of carbonyl (C=O) groups is 6. The number of H-pyrrole nitrogens is 1. The standard InChI is InChI=1S/C22H34N6O9/c1-11(2)7-13(23)19(33)26-14(3-5-17(29)30)20(34)27-15(4-6-18(31)32)21(35)28-16(22(36)37)8-12-9-24-10-25-12/h9-11,13-16H,3-8,23H2,1-2H3,(H,24,25)(H,26,33)(H,27,34)(H,28,35)(H,29,30)(H,31,32)(H,36,37). The van der Waals surface area contributed by atoms with Gasteiger partial charge >= 0.3 is 17.9 Å². The number of nitrogens with one attached hydrogen (secondary N) is 4. The first-order valence-electron chi connectivity index (χ1n) is 11.6. The number of nitrogens with zero attached hydrogens (tertiary/aromatic N) is 1. The summed E-state index contributed by atoms with van der Waals surface area (Å²) in [6.07, 6.45) is 1.08. The first kappa shape index (κ1) is 31.0. The van der Waals surface area contributed by atoms with Gasteiger partial charge in [-0.3, -0.25) is 24.0 Å². The molecule has 1 aromatic rings. The molecule has 0 aliphatic heterocycles. The number of carbonyl (C=O) groups excluding carboxylic acids is 3. The van der Waals surface area contributed by atoms with E-state index in [0.29, 0.717) is 12.1 Å². The second-order valence-electron chi connectivity index (χ2n) is 8.90. The minimum absolute atomic E-state index is 0.0695. The van der Waals surface area contributed by atoms with Crippen LogP contribution in [-0.2, 0) is 35.2 Å². The molecule has 9 N–H and O–H groups in total. The van der Waals surface area contributed by atoms with Crippen molar-refractivity contribution in [1.82, 2.24) is 25.9 Å². The van der Waals surface area contributed by atoms with Crippen molar-refractivity contribution in [3.63, 3.8) is 0 Å². The zero-order valence-electron chi connectivity index (χ0n) is 20.6. The van der Waals surface area contributed by atoms with Gasteiger partial charge in [0.15, 0.2) is 0 Å². The van der Waals surface area contributed by atoms with E-state index >= 15 is 0 Å². The number of hydrogen-bond acceptors (Lipinski definition) is 8. The van der Waals surface area contributed by atoms with Crippen molar-refractivity contribution in [2.24, 2.45) is 11.7 Å². The molecule has 4 atom stereocenters. The maximum atomic E-state index is 13.0. The Morgan fingerprint density at radius 1 is 0.865 bits per heavy atom. The van der Waals surface area contributed by atoms with Crippen LogP contribution in [0.15, 0.2) is 12.5 Å². The Labute approximate surface area is 212 Å². The van der Waals surface area contributed by atoms with Gasteiger partial charge in [-0.15, -0.1) is 0 Å². The van der Waals surface area contributed by atoms with Gasteiger partial charge in [-0.25, -0.2) is 9.78 Å². The molecule has 0 aromatic carbocycles. The molecular weight excluding hydrogens is 492 g/mol. The second kappa shape index (κ2) is 15.2. The lowest BCUT2D eigenvalue weighted by molar-refractivity contribution is -0.143. The highest BCUT2D eigenvalue weighted by atomic mass is 16.4. The van der Waals surface area contributed by atoms with Gasteiger partial charge < -0.3 is 42.0 Å². The van der Waals surface area contributed by atoms with Gasteiger partial charge in [-0.1, -0.05) is 13.8 Å². The number of carboxylic acid groups (broad SMARTS) is 3. The van der Waals surface area contributed by atoms with Crippen LogP contribution in [0, 0.1) is 5.92 Å². The number of imidazole rings is 1. The maximum absolute atomic E-state index is 13.0. The summed E-state index contributed by atoms with van der Waals surface area (Å²) in [5, 5.41) is 34.5. The van der Waals surface area contributed by atoms with Crippen LogP contribution in [0.1, 0.15) is 51.6 Å². The minimum atomic E-state index is -1.49. The van der Waals surface area contributed by atoms with E-state index in [0.717, 1.165) is 0 Å². The number of rotatable bonds is 17. The van der Waals surface area contributed by atoms with Crippen molar-refractivity contribution in [2.75, 3.05) is 0 Å². The summed E-state index contributed by atoms with van der Waals surface area (Å²) in [6.45, 7) is 3.67. The first-order chi connectivity index (χ1) is 17.3. The SMILES string of the molecule is CC(C)CC(N)C(=O)NC(CCC(=O)O)C(=O)NC(CCC(=O)O)C(=O)NC(Cc1cnc[nH]1)C(=O)O. The number of hydrogen-bond donors (Lipinski definition) is 8. The molecule has 0 bridgehead atoms. The zero-order chi connectivity index (χ0) is 28.1. The summed E-state index contributed by atoms with van der Waals surface area (Å²) in [5.74, 6) is -6.43. The monoisotopic (exact) mass is 526 g/mol. The van der Waals surface area contributed by atoms with Crippen molar-refractivity contribution in [3.05, 3.63) is 18.2 Å². The molecule has 15 heteroatoms. The highest BCUT2D eigenvalue weighted by Gasteiger charge is 2.31. The quantitative estimate of drug-likeness (QED) is 0.117. The molecule has 4 unspecified atom stereocenters. The topological polar surface area (TPSA) is 254 Å². The van der Waals surface area contributed by atoms with Gasteiger partial charge in [-0.2, -0.15) is 0 Å². The lowest BCUT2D eigenvalue weighted by Gasteiger charge is -2.25. The van der Waals surface area contributed by atoms with Gasteiger partial charge in [-0.05, 0) is 25.2 Å². The molecule has 37 heavy (non-hydrogen) atoms. The van der Waals surface area contributed by atoms with Crippen LogP contribution in [0.4, 0.5) is 0 Å². The summed E-state index contributed by atoms with van der Waals surface area (Å²) in [6, 6.07) is -5.26. The average molecular weight is 527 g/mol. The molecule has 0 fully saturated rings. The van der Waals surface area contributed by atoms with E-state index in [4.69, 9.17) is 15.9 Å². The van der Waals surface area contributed by atoms with Gasteiger partial charge in [0.05, 0.1) is 12.4 Å². The Balaban J connectivity index is 3.03. The number of nitrogens with two attached hydrogens (primary N) is 1. The molecule has 1 rings (SSSR count). The molecule has 206 valence electrons. The summed E-state index contributed by atoms with van der Waals surface area (Å²) in [4.78, 5) is 78.5. The molecule has 0 spiro atoms. The van der Waals surface area contributed by atoms with Crippen molar-refractivity contribution in [1.29, 1.82) is 0 Å². The third kappa shape index (κ3) is 12.0. The van der Waals surface area contributed by atoms with E-state index in [1.54, 1.807) is 0 Å². The van der Waals surface area contributed by atoms with Gasteiger partial charge in [0.1, 0.15) is 18.1 Å². The lowest BCUT2D eigenvalue weighted by atomic mass is 10.0. The van der Waals surface area contributed by atoms with Crippen molar-refractivity contribution < 1.29 is 44.1 Å².